The van der Waals surface area contributed by atoms with Gasteiger partial charge in [0, 0.05) is 18.8 Å². The number of ketones is 3. The van der Waals surface area contributed by atoms with Gasteiger partial charge in [-0.15, -0.1) is 0 Å². The number of primary amides is 1. The molecule has 236 valence electrons. The Morgan fingerprint density at radius 2 is 1.31 bits per heavy atom. The Balaban J connectivity index is 1.74. The summed E-state index contributed by atoms with van der Waals surface area (Å²) in [7, 11) is 0. The summed E-state index contributed by atoms with van der Waals surface area (Å²) in [6.07, 6.45) is -0.412. The van der Waals surface area contributed by atoms with Crippen molar-refractivity contribution in [2.24, 2.45) is 17.1 Å². The molecule has 0 fully saturated rings. The molecule has 0 spiro atoms. The number of hydrogen-bond acceptors (Lipinski definition) is 6. The number of nitrogens with two attached hydrogens (primary N) is 1. The molecular formula is C35H38FN3O6. The minimum Gasteiger partial charge on any atom is -0.369 e. The SMILES string of the molecule is CC(NC(=O)[C@@H](CC(=O)c1ccccc1F)Cc1ccccc1)C(=O)C(=O)N[C@@H](Cc1ccccc1)C(=O)CC(C)(C)C(N)=O. The van der Waals surface area contributed by atoms with Crippen LogP contribution in [0.5, 0.6) is 0 Å². The van der Waals surface area contributed by atoms with E-state index in [4.69, 9.17) is 5.73 Å². The predicted octanol–water partition coefficient (Wildman–Crippen LogP) is 3.53. The van der Waals surface area contributed by atoms with Crippen molar-refractivity contribution in [3.05, 3.63) is 107 Å². The van der Waals surface area contributed by atoms with Gasteiger partial charge in [0.1, 0.15) is 5.82 Å². The topological polar surface area (TPSA) is 152 Å². The van der Waals surface area contributed by atoms with Crippen LogP contribution in [-0.4, -0.2) is 47.2 Å². The number of hydrogen-bond donors (Lipinski definition) is 3. The summed E-state index contributed by atoms with van der Waals surface area (Å²) < 4.78 is 14.3. The fourth-order valence-corrected chi connectivity index (χ4v) is 4.74. The molecule has 0 saturated carbocycles. The third-order valence-electron chi connectivity index (χ3n) is 7.54. The Morgan fingerprint density at radius 3 is 1.87 bits per heavy atom. The number of rotatable bonds is 16. The highest BCUT2D eigenvalue weighted by molar-refractivity contribution is 6.38. The zero-order valence-corrected chi connectivity index (χ0v) is 25.5. The summed E-state index contributed by atoms with van der Waals surface area (Å²) in [6.45, 7) is 4.35. The van der Waals surface area contributed by atoms with E-state index in [9.17, 15) is 33.2 Å². The average molecular weight is 616 g/mol. The molecule has 4 N–H and O–H groups in total. The minimum absolute atomic E-state index is 0.0611. The van der Waals surface area contributed by atoms with Crippen LogP contribution < -0.4 is 16.4 Å². The van der Waals surface area contributed by atoms with Crippen molar-refractivity contribution >= 4 is 35.1 Å². The van der Waals surface area contributed by atoms with Crippen LogP contribution in [0.1, 0.15) is 55.1 Å². The lowest BCUT2D eigenvalue weighted by Crippen LogP contribution is -2.52. The molecule has 3 aromatic carbocycles. The zero-order chi connectivity index (χ0) is 33.1. The lowest BCUT2D eigenvalue weighted by molar-refractivity contribution is -0.141. The van der Waals surface area contributed by atoms with Gasteiger partial charge in [0.15, 0.2) is 11.6 Å². The van der Waals surface area contributed by atoms with Crippen LogP contribution in [0.3, 0.4) is 0 Å². The molecule has 3 atom stereocenters. The van der Waals surface area contributed by atoms with Crippen molar-refractivity contribution in [1.29, 1.82) is 0 Å². The molecule has 0 saturated heterocycles. The van der Waals surface area contributed by atoms with Crippen molar-refractivity contribution in [2.45, 2.75) is 58.5 Å². The monoisotopic (exact) mass is 615 g/mol. The van der Waals surface area contributed by atoms with Crippen LogP contribution in [0.25, 0.3) is 0 Å². The van der Waals surface area contributed by atoms with Gasteiger partial charge in [0.05, 0.1) is 23.1 Å². The summed E-state index contributed by atoms with van der Waals surface area (Å²) >= 11 is 0. The van der Waals surface area contributed by atoms with E-state index in [1.807, 2.05) is 0 Å². The molecule has 45 heavy (non-hydrogen) atoms. The molecule has 0 aromatic heterocycles. The van der Waals surface area contributed by atoms with Crippen molar-refractivity contribution in [2.75, 3.05) is 0 Å². The van der Waals surface area contributed by atoms with Gasteiger partial charge in [-0.05, 0) is 43.0 Å². The van der Waals surface area contributed by atoms with Gasteiger partial charge < -0.3 is 16.4 Å². The summed E-state index contributed by atoms with van der Waals surface area (Å²) in [4.78, 5) is 77.6. The number of Topliss-reactive ketones (excluding diaryl/α,β-unsaturated/α-hetero) is 3. The molecule has 0 heterocycles. The summed E-state index contributed by atoms with van der Waals surface area (Å²) in [5, 5.41) is 4.99. The summed E-state index contributed by atoms with van der Waals surface area (Å²) in [5.41, 5.74) is 5.56. The fourth-order valence-electron chi connectivity index (χ4n) is 4.74. The quantitative estimate of drug-likeness (QED) is 0.166. The first-order valence-electron chi connectivity index (χ1n) is 14.6. The molecule has 3 aromatic rings. The van der Waals surface area contributed by atoms with Crippen LogP contribution in [0.15, 0.2) is 84.9 Å². The average Bonchev–Trinajstić information content (AvgIpc) is 3.00. The van der Waals surface area contributed by atoms with Crippen molar-refractivity contribution < 1.29 is 33.2 Å². The second kappa shape index (κ2) is 15.7. The Labute approximate surface area is 261 Å². The molecule has 3 amide bonds. The van der Waals surface area contributed by atoms with Gasteiger partial charge in [-0.25, -0.2) is 4.39 Å². The maximum Gasteiger partial charge on any atom is 0.290 e. The normalized spacial score (nSPS) is 13.2. The highest BCUT2D eigenvalue weighted by Crippen LogP contribution is 2.22. The Bertz CT molecular complexity index is 1540. The molecule has 0 bridgehead atoms. The highest BCUT2D eigenvalue weighted by atomic mass is 19.1. The second-order valence-corrected chi connectivity index (χ2v) is 11.7. The molecule has 0 aliphatic rings. The molecule has 1 unspecified atom stereocenters. The number of halogens is 1. The van der Waals surface area contributed by atoms with Gasteiger partial charge in [0.2, 0.25) is 17.6 Å². The molecular weight excluding hydrogens is 577 g/mol. The van der Waals surface area contributed by atoms with Gasteiger partial charge in [0.25, 0.3) is 5.91 Å². The van der Waals surface area contributed by atoms with Crippen molar-refractivity contribution in [3.63, 3.8) is 0 Å². The first kappa shape index (κ1) is 34.5. The Hall–Kier alpha value is -4.99. The second-order valence-electron chi connectivity index (χ2n) is 11.7. The van der Waals surface area contributed by atoms with Gasteiger partial charge in [-0.1, -0.05) is 86.6 Å². The first-order chi connectivity index (χ1) is 21.3. The maximum absolute atomic E-state index is 14.3. The number of carbonyl (C=O) groups excluding carboxylic acids is 6. The third-order valence-corrected chi connectivity index (χ3v) is 7.54. The standard InChI is InChI=1S/C35H38FN3O6/c1-22(31(42)33(44)39-28(19-24-14-8-5-9-15-24)30(41)21-35(2,3)34(37)45)38-32(43)25(18-23-12-6-4-7-13-23)20-29(40)26-16-10-11-17-27(26)36/h4-17,22,25,28H,18-21H2,1-3H3,(H2,37,45)(H,38,43)(H,39,44)/t22?,25-,28+/m1/s1. The number of carbonyl (C=O) groups is 6. The van der Waals surface area contributed by atoms with E-state index >= 15 is 0 Å². The van der Waals surface area contributed by atoms with Gasteiger partial charge in [-0.2, -0.15) is 0 Å². The fraction of sp³-hybridized carbons (Fsp3) is 0.314. The zero-order valence-electron chi connectivity index (χ0n) is 25.5. The van der Waals surface area contributed by atoms with E-state index in [0.29, 0.717) is 5.56 Å². The molecule has 0 aliphatic heterocycles. The number of amides is 3. The van der Waals surface area contributed by atoms with Crippen LogP contribution >= 0.6 is 0 Å². The van der Waals surface area contributed by atoms with Gasteiger partial charge >= 0.3 is 0 Å². The summed E-state index contributed by atoms with van der Waals surface area (Å²) in [6, 6.07) is 20.7. The van der Waals surface area contributed by atoms with Crippen molar-refractivity contribution in [3.8, 4) is 0 Å². The van der Waals surface area contributed by atoms with Crippen LogP contribution in [0.4, 0.5) is 4.39 Å². The van der Waals surface area contributed by atoms with Crippen LogP contribution in [0, 0.1) is 17.2 Å². The largest absolute Gasteiger partial charge is 0.369 e. The third kappa shape index (κ3) is 10.0. The smallest absolute Gasteiger partial charge is 0.290 e. The molecule has 3 rings (SSSR count). The van der Waals surface area contributed by atoms with E-state index in [0.717, 1.165) is 11.6 Å². The Morgan fingerprint density at radius 1 is 0.778 bits per heavy atom. The predicted molar refractivity (Wildman–Crippen MR) is 166 cm³/mol. The van der Waals surface area contributed by atoms with Crippen molar-refractivity contribution in [1.82, 2.24) is 10.6 Å². The molecule has 9 nitrogen and oxygen atoms in total. The number of benzene rings is 3. The van der Waals surface area contributed by atoms with Crippen LogP contribution in [0.2, 0.25) is 0 Å². The molecule has 0 radical (unpaired) electrons. The molecule has 10 heteroatoms. The van der Waals surface area contributed by atoms with E-state index in [1.54, 1.807) is 60.7 Å². The molecule has 0 aliphatic carbocycles. The summed E-state index contributed by atoms with van der Waals surface area (Å²) in [5.74, 6) is -6.22. The van der Waals surface area contributed by atoms with E-state index in [-0.39, 0.29) is 31.2 Å². The lowest BCUT2D eigenvalue weighted by Gasteiger charge is -2.24. The number of nitrogens with one attached hydrogen (secondary N) is 2. The minimum atomic E-state index is -1.31. The van der Waals surface area contributed by atoms with Crippen LogP contribution in [-0.2, 0) is 36.8 Å². The maximum atomic E-state index is 14.3. The highest BCUT2D eigenvalue weighted by Gasteiger charge is 2.34. The van der Waals surface area contributed by atoms with E-state index < -0.39 is 64.3 Å². The van der Waals surface area contributed by atoms with Gasteiger partial charge in [-0.3, -0.25) is 28.8 Å². The Kier molecular flexibility index (Phi) is 12.0. The lowest BCUT2D eigenvalue weighted by atomic mass is 9.84. The van der Waals surface area contributed by atoms with E-state index in [1.165, 1.54) is 39.0 Å². The van der Waals surface area contributed by atoms with E-state index in [2.05, 4.69) is 10.6 Å². The first-order valence-corrected chi connectivity index (χ1v) is 14.6.